The summed E-state index contributed by atoms with van der Waals surface area (Å²) in [7, 11) is 0. The second kappa shape index (κ2) is 4.77. The molecular formula is C15H19N3. The first-order valence-corrected chi connectivity index (χ1v) is 6.22. The van der Waals surface area contributed by atoms with Gasteiger partial charge in [0, 0.05) is 11.1 Å². The van der Waals surface area contributed by atoms with E-state index in [0.717, 1.165) is 17.7 Å². The first-order valence-electron chi connectivity index (χ1n) is 6.22. The summed E-state index contributed by atoms with van der Waals surface area (Å²) in [6.45, 7) is 8.43. The molecule has 0 atom stereocenters. The van der Waals surface area contributed by atoms with E-state index in [-0.39, 0.29) is 0 Å². The van der Waals surface area contributed by atoms with E-state index in [0.29, 0.717) is 5.82 Å². The number of hydrogen-bond acceptors (Lipinski definition) is 3. The number of hydrogen-bond donors (Lipinski definition) is 1. The third kappa shape index (κ3) is 2.08. The molecule has 0 aliphatic rings. The van der Waals surface area contributed by atoms with Crippen molar-refractivity contribution in [1.29, 1.82) is 0 Å². The van der Waals surface area contributed by atoms with Crippen molar-refractivity contribution < 1.29 is 0 Å². The highest BCUT2D eigenvalue weighted by Gasteiger charge is 2.14. The monoisotopic (exact) mass is 241 g/mol. The van der Waals surface area contributed by atoms with Crippen LogP contribution < -0.4 is 5.73 Å². The predicted molar refractivity (Wildman–Crippen MR) is 75.5 cm³/mol. The van der Waals surface area contributed by atoms with Crippen LogP contribution in [-0.2, 0) is 6.42 Å². The highest BCUT2D eigenvalue weighted by Crippen LogP contribution is 2.31. The Bertz CT molecular complexity index is 565. The summed E-state index contributed by atoms with van der Waals surface area (Å²) in [5.41, 5.74) is 12.9. The van der Waals surface area contributed by atoms with Gasteiger partial charge in [-0.05, 0) is 38.3 Å². The molecule has 0 spiro atoms. The summed E-state index contributed by atoms with van der Waals surface area (Å²) in [6.07, 6.45) is 2.39. The minimum absolute atomic E-state index is 0.585. The second-order valence-electron chi connectivity index (χ2n) is 4.71. The molecule has 2 N–H and O–H groups in total. The largest absolute Gasteiger partial charge is 0.383 e. The number of anilines is 1. The number of aromatic nitrogens is 2. The Balaban J connectivity index is 2.73. The van der Waals surface area contributed by atoms with Crippen LogP contribution in [0.1, 0.15) is 29.2 Å². The maximum atomic E-state index is 5.95. The minimum atomic E-state index is 0.585. The fourth-order valence-electron chi connectivity index (χ4n) is 2.54. The quantitative estimate of drug-likeness (QED) is 0.878. The summed E-state index contributed by atoms with van der Waals surface area (Å²) in [5, 5.41) is 0. The molecule has 3 nitrogen and oxygen atoms in total. The molecule has 1 aromatic heterocycles. The predicted octanol–water partition coefficient (Wildman–Crippen LogP) is 3.21. The van der Waals surface area contributed by atoms with Gasteiger partial charge in [-0.25, -0.2) is 9.97 Å². The van der Waals surface area contributed by atoms with Crippen LogP contribution >= 0.6 is 0 Å². The molecule has 3 heteroatoms. The molecule has 0 amide bonds. The van der Waals surface area contributed by atoms with Gasteiger partial charge in [-0.1, -0.05) is 24.6 Å². The highest BCUT2D eigenvalue weighted by atomic mass is 14.9. The first kappa shape index (κ1) is 12.6. The van der Waals surface area contributed by atoms with Gasteiger partial charge in [0.15, 0.2) is 0 Å². The Morgan fingerprint density at radius 3 is 2.22 bits per heavy atom. The zero-order chi connectivity index (χ0) is 13.3. The van der Waals surface area contributed by atoms with Crippen LogP contribution in [0, 0.1) is 20.8 Å². The topological polar surface area (TPSA) is 51.8 Å². The van der Waals surface area contributed by atoms with E-state index >= 15 is 0 Å². The standard InChI is InChI=1S/C15H19N3/c1-5-12-14(17-8-18-15(12)16)13-10(3)6-9(2)7-11(13)4/h6-8H,5H2,1-4H3,(H2,16,17,18). The fraction of sp³-hybridized carbons (Fsp3) is 0.333. The van der Waals surface area contributed by atoms with Crippen LogP contribution in [0.15, 0.2) is 18.5 Å². The number of nitrogens with two attached hydrogens (primary N) is 1. The van der Waals surface area contributed by atoms with Gasteiger partial charge in [0.05, 0.1) is 5.69 Å². The molecule has 0 unspecified atom stereocenters. The third-order valence-electron chi connectivity index (χ3n) is 3.25. The van der Waals surface area contributed by atoms with E-state index < -0.39 is 0 Å². The molecule has 2 rings (SSSR count). The minimum Gasteiger partial charge on any atom is -0.383 e. The number of rotatable bonds is 2. The Hall–Kier alpha value is -1.90. The van der Waals surface area contributed by atoms with Crippen molar-refractivity contribution in [3.8, 4) is 11.3 Å². The summed E-state index contributed by atoms with van der Waals surface area (Å²) in [4.78, 5) is 8.52. The lowest BCUT2D eigenvalue weighted by atomic mass is 9.94. The fourth-order valence-corrected chi connectivity index (χ4v) is 2.54. The van der Waals surface area contributed by atoms with Crippen LogP contribution in [0.25, 0.3) is 11.3 Å². The number of nitrogen functional groups attached to an aromatic ring is 1. The van der Waals surface area contributed by atoms with E-state index in [4.69, 9.17) is 5.73 Å². The summed E-state index contributed by atoms with van der Waals surface area (Å²) in [6, 6.07) is 4.36. The normalized spacial score (nSPS) is 10.7. The van der Waals surface area contributed by atoms with E-state index in [1.807, 2.05) is 0 Å². The molecule has 0 aliphatic heterocycles. The van der Waals surface area contributed by atoms with Crippen molar-refractivity contribution in [2.75, 3.05) is 5.73 Å². The lowest BCUT2D eigenvalue weighted by Crippen LogP contribution is -2.03. The van der Waals surface area contributed by atoms with Crippen molar-refractivity contribution in [2.24, 2.45) is 0 Å². The van der Waals surface area contributed by atoms with Crippen LogP contribution in [0.5, 0.6) is 0 Å². The van der Waals surface area contributed by atoms with Gasteiger partial charge in [-0.15, -0.1) is 0 Å². The van der Waals surface area contributed by atoms with Crippen LogP contribution in [-0.4, -0.2) is 9.97 Å². The van der Waals surface area contributed by atoms with Gasteiger partial charge in [0.25, 0.3) is 0 Å². The van der Waals surface area contributed by atoms with Gasteiger partial charge in [-0.2, -0.15) is 0 Å². The van der Waals surface area contributed by atoms with Gasteiger partial charge in [0.1, 0.15) is 12.1 Å². The molecule has 0 fully saturated rings. The van der Waals surface area contributed by atoms with Crippen LogP contribution in [0.3, 0.4) is 0 Å². The molecule has 0 bridgehead atoms. The number of aryl methyl sites for hydroxylation is 3. The molecule has 0 aliphatic carbocycles. The zero-order valence-corrected chi connectivity index (χ0v) is 11.4. The molecule has 18 heavy (non-hydrogen) atoms. The Morgan fingerprint density at radius 1 is 1.06 bits per heavy atom. The summed E-state index contributed by atoms with van der Waals surface area (Å²) < 4.78 is 0. The van der Waals surface area contributed by atoms with Crippen molar-refractivity contribution in [1.82, 2.24) is 9.97 Å². The van der Waals surface area contributed by atoms with Gasteiger partial charge in [0.2, 0.25) is 0 Å². The van der Waals surface area contributed by atoms with Crippen molar-refractivity contribution >= 4 is 5.82 Å². The van der Waals surface area contributed by atoms with Crippen molar-refractivity contribution in [3.05, 3.63) is 40.7 Å². The Morgan fingerprint density at radius 2 is 1.67 bits per heavy atom. The molecule has 0 radical (unpaired) electrons. The Labute approximate surface area is 108 Å². The lowest BCUT2D eigenvalue weighted by molar-refractivity contribution is 1.06. The molecule has 2 aromatic rings. The van der Waals surface area contributed by atoms with Gasteiger partial charge >= 0.3 is 0 Å². The average Bonchev–Trinajstić information content (AvgIpc) is 2.27. The maximum Gasteiger partial charge on any atom is 0.130 e. The third-order valence-corrected chi connectivity index (χ3v) is 3.25. The Kier molecular flexibility index (Phi) is 3.32. The van der Waals surface area contributed by atoms with E-state index in [2.05, 4.69) is 49.8 Å². The molecule has 1 aromatic carbocycles. The number of nitrogens with zero attached hydrogens (tertiary/aromatic N) is 2. The van der Waals surface area contributed by atoms with Crippen LogP contribution in [0.4, 0.5) is 5.82 Å². The van der Waals surface area contributed by atoms with Crippen molar-refractivity contribution in [3.63, 3.8) is 0 Å². The van der Waals surface area contributed by atoms with E-state index in [1.165, 1.54) is 22.3 Å². The molecular weight excluding hydrogens is 222 g/mol. The van der Waals surface area contributed by atoms with Gasteiger partial charge in [-0.3, -0.25) is 0 Å². The van der Waals surface area contributed by atoms with Crippen molar-refractivity contribution in [2.45, 2.75) is 34.1 Å². The molecule has 1 heterocycles. The average molecular weight is 241 g/mol. The summed E-state index contributed by atoms with van der Waals surface area (Å²) >= 11 is 0. The van der Waals surface area contributed by atoms with E-state index in [1.54, 1.807) is 6.33 Å². The van der Waals surface area contributed by atoms with Gasteiger partial charge < -0.3 is 5.73 Å². The SMILES string of the molecule is CCc1c(N)ncnc1-c1c(C)cc(C)cc1C. The van der Waals surface area contributed by atoms with Crippen LogP contribution in [0.2, 0.25) is 0 Å². The maximum absolute atomic E-state index is 5.95. The molecule has 0 saturated carbocycles. The summed E-state index contributed by atoms with van der Waals surface area (Å²) in [5.74, 6) is 0.585. The number of benzene rings is 1. The molecule has 0 saturated heterocycles. The first-order chi connectivity index (χ1) is 8.54. The highest BCUT2D eigenvalue weighted by molar-refractivity contribution is 5.73. The zero-order valence-electron chi connectivity index (χ0n) is 11.4. The lowest BCUT2D eigenvalue weighted by Gasteiger charge is -2.14. The molecule has 94 valence electrons. The smallest absolute Gasteiger partial charge is 0.130 e. The second-order valence-corrected chi connectivity index (χ2v) is 4.71. The van der Waals surface area contributed by atoms with E-state index in [9.17, 15) is 0 Å².